The fourth-order valence-electron chi connectivity index (χ4n) is 4.50. The second kappa shape index (κ2) is 8.90. The highest BCUT2D eigenvalue weighted by Gasteiger charge is 2.25. The third kappa shape index (κ3) is 3.97. The largest absolute Gasteiger partial charge is 0.476 e. The maximum atomic E-state index is 13.3. The fraction of sp³-hybridized carbons (Fsp3) is 0.115. The molecule has 6 rings (SSSR count). The number of rotatable bonds is 5. The normalized spacial score (nSPS) is 12.9. The predicted octanol–water partition coefficient (Wildman–Crippen LogP) is 4.59. The van der Waals surface area contributed by atoms with Crippen molar-refractivity contribution >= 4 is 44.4 Å². The molecular weight excluding hydrogens is 476 g/mol. The summed E-state index contributed by atoms with van der Waals surface area (Å²) in [5, 5.41) is 19.9. The number of hydrogen-bond donors (Lipinski definition) is 3. The summed E-state index contributed by atoms with van der Waals surface area (Å²) in [6, 6.07) is 17.0. The van der Waals surface area contributed by atoms with E-state index in [2.05, 4.69) is 25.5 Å². The van der Waals surface area contributed by atoms with Gasteiger partial charge in [0, 0.05) is 36.0 Å². The molecule has 1 aliphatic rings. The molecule has 3 aromatic heterocycles. The summed E-state index contributed by atoms with van der Waals surface area (Å²) in [5.74, 6) is -0.782. The zero-order valence-corrected chi connectivity index (χ0v) is 19.7. The molecule has 0 unspecified atom stereocenters. The third-order valence-electron chi connectivity index (χ3n) is 6.25. The van der Waals surface area contributed by atoms with Gasteiger partial charge in [-0.3, -0.25) is 15.2 Å². The number of aromatic amines is 1. The minimum Gasteiger partial charge on any atom is -0.476 e. The van der Waals surface area contributed by atoms with Crippen LogP contribution in [0.1, 0.15) is 32.0 Å². The van der Waals surface area contributed by atoms with Gasteiger partial charge in [-0.15, -0.1) is 0 Å². The number of fused-ring (bicyclic) bond motifs is 2. The van der Waals surface area contributed by atoms with Crippen molar-refractivity contribution in [1.29, 1.82) is 0 Å². The Kier molecular flexibility index (Phi) is 5.42. The molecule has 0 fully saturated rings. The number of amides is 1. The number of nitrogens with one attached hydrogen (secondary N) is 2. The molecule has 4 heterocycles. The second-order valence-corrected chi connectivity index (χ2v) is 9.44. The van der Waals surface area contributed by atoms with E-state index in [0.717, 1.165) is 21.3 Å². The molecule has 0 aliphatic carbocycles. The van der Waals surface area contributed by atoms with Crippen LogP contribution in [0.3, 0.4) is 0 Å². The van der Waals surface area contributed by atoms with E-state index >= 15 is 0 Å². The first-order chi connectivity index (χ1) is 17.6. The minimum atomic E-state index is -1.11. The van der Waals surface area contributed by atoms with Crippen LogP contribution in [-0.4, -0.2) is 43.7 Å². The number of thiazole rings is 1. The van der Waals surface area contributed by atoms with Crippen LogP contribution < -0.4 is 10.2 Å². The number of hydrogen-bond acceptors (Lipinski definition) is 7. The molecule has 2 aromatic carbocycles. The van der Waals surface area contributed by atoms with Gasteiger partial charge in [0.2, 0.25) is 0 Å². The Hall–Kier alpha value is -4.57. The number of aromatic nitrogens is 4. The summed E-state index contributed by atoms with van der Waals surface area (Å²) in [7, 11) is 0. The van der Waals surface area contributed by atoms with E-state index in [1.54, 1.807) is 18.5 Å². The molecule has 3 N–H and O–H groups in total. The second-order valence-electron chi connectivity index (χ2n) is 8.41. The fourth-order valence-corrected chi connectivity index (χ4v) is 5.36. The summed E-state index contributed by atoms with van der Waals surface area (Å²) in [6.07, 6.45) is 3.92. The number of carboxylic acid groups (broad SMARTS) is 1. The van der Waals surface area contributed by atoms with Crippen LogP contribution in [-0.2, 0) is 13.0 Å². The summed E-state index contributed by atoms with van der Waals surface area (Å²) in [4.78, 5) is 36.2. The van der Waals surface area contributed by atoms with Crippen LogP contribution in [0.25, 0.3) is 21.3 Å². The number of carboxylic acids is 1. The van der Waals surface area contributed by atoms with Crippen molar-refractivity contribution in [3.63, 3.8) is 0 Å². The monoisotopic (exact) mass is 496 g/mol. The van der Waals surface area contributed by atoms with Gasteiger partial charge in [0.25, 0.3) is 5.91 Å². The Morgan fingerprint density at radius 1 is 1.06 bits per heavy atom. The van der Waals surface area contributed by atoms with Crippen molar-refractivity contribution in [2.45, 2.75) is 13.0 Å². The van der Waals surface area contributed by atoms with Gasteiger partial charge in [0.15, 0.2) is 10.8 Å². The summed E-state index contributed by atoms with van der Waals surface area (Å²) < 4.78 is 1.01. The molecule has 0 bridgehead atoms. The van der Waals surface area contributed by atoms with Crippen LogP contribution in [0, 0.1) is 0 Å². The lowest BCUT2D eigenvalue weighted by Crippen LogP contribution is -2.33. The van der Waals surface area contributed by atoms with Crippen LogP contribution in [0.2, 0.25) is 0 Å². The van der Waals surface area contributed by atoms with Gasteiger partial charge in [-0.1, -0.05) is 35.6 Å². The van der Waals surface area contributed by atoms with Gasteiger partial charge < -0.3 is 10.0 Å². The molecule has 178 valence electrons. The number of carbonyl (C=O) groups excluding carboxylic acids is 1. The molecule has 0 saturated heterocycles. The zero-order valence-electron chi connectivity index (χ0n) is 18.9. The Bertz CT molecular complexity index is 1580. The number of pyridine rings is 1. The minimum absolute atomic E-state index is 0.0402. The van der Waals surface area contributed by atoms with Crippen LogP contribution in [0.5, 0.6) is 0 Å². The highest BCUT2D eigenvalue weighted by Crippen LogP contribution is 2.30. The van der Waals surface area contributed by atoms with Crippen molar-refractivity contribution in [2.24, 2.45) is 0 Å². The van der Waals surface area contributed by atoms with Gasteiger partial charge in [-0.05, 0) is 47.9 Å². The lowest BCUT2D eigenvalue weighted by atomic mass is 9.94. The number of benzene rings is 2. The molecule has 36 heavy (non-hydrogen) atoms. The third-order valence-corrected chi connectivity index (χ3v) is 7.20. The van der Waals surface area contributed by atoms with Crippen molar-refractivity contribution in [1.82, 2.24) is 20.2 Å². The number of nitrogens with zero attached hydrogens (tertiary/aromatic N) is 4. The smallest absolute Gasteiger partial charge is 0.355 e. The van der Waals surface area contributed by atoms with Crippen molar-refractivity contribution in [2.75, 3.05) is 16.8 Å². The van der Waals surface area contributed by atoms with E-state index < -0.39 is 5.97 Å². The number of H-pyrrole nitrogens is 1. The van der Waals surface area contributed by atoms with Crippen molar-refractivity contribution < 1.29 is 14.7 Å². The highest BCUT2D eigenvalue weighted by molar-refractivity contribution is 7.22. The lowest BCUT2D eigenvalue weighted by molar-refractivity contribution is 0.0691. The van der Waals surface area contributed by atoms with Gasteiger partial charge in [0.1, 0.15) is 5.82 Å². The molecule has 1 amide bonds. The number of anilines is 2. The first-order valence-electron chi connectivity index (χ1n) is 11.3. The molecule has 0 saturated carbocycles. The van der Waals surface area contributed by atoms with Gasteiger partial charge in [-0.25, -0.2) is 14.8 Å². The van der Waals surface area contributed by atoms with E-state index in [0.29, 0.717) is 47.2 Å². The summed E-state index contributed by atoms with van der Waals surface area (Å²) in [5.41, 5.74) is 4.53. The van der Waals surface area contributed by atoms with Gasteiger partial charge in [-0.2, -0.15) is 5.10 Å². The zero-order chi connectivity index (χ0) is 24.6. The Morgan fingerprint density at radius 3 is 2.75 bits per heavy atom. The quantitative estimate of drug-likeness (QED) is 0.325. The van der Waals surface area contributed by atoms with Gasteiger partial charge in [0.05, 0.1) is 16.4 Å². The Balaban J connectivity index is 1.29. The number of aromatic carboxylic acids is 1. The number of carbonyl (C=O) groups is 2. The molecule has 5 aromatic rings. The van der Waals surface area contributed by atoms with E-state index in [1.807, 2.05) is 53.4 Å². The molecule has 10 heteroatoms. The molecular formula is C26H20N6O3S. The average molecular weight is 497 g/mol. The first kappa shape index (κ1) is 21.9. The Morgan fingerprint density at radius 2 is 1.94 bits per heavy atom. The first-order valence-corrected chi connectivity index (χ1v) is 12.1. The van der Waals surface area contributed by atoms with Crippen molar-refractivity contribution in [3.05, 3.63) is 89.4 Å². The Labute approximate surface area is 209 Å². The van der Waals surface area contributed by atoms with Crippen LogP contribution >= 0.6 is 11.3 Å². The molecule has 0 spiro atoms. The molecule has 0 atom stereocenters. The highest BCUT2D eigenvalue weighted by atomic mass is 32.1. The maximum absolute atomic E-state index is 13.3. The average Bonchev–Trinajstić information content (AvgIpc) is 3.57. The summed E-state index contributed by atoms with van der Waals surface area (Å²) >= 11 is 1.43. The molecule has 9 nitrogen and oxygen atoms in total. The predicted molar refractivity (Wildman–Crippen MR) is 138 cm³/mol. The molecule has 0 radical (unpaired) electrons. The standard InChI is InChI=1S/C26H20N6O3S/c33-24(31-26-29-20-6-1-2-7-21(20)36-26)18-5-3-4-15-10-11-32(14-19(15)18)22-9-8-17(16-12-27-28-13-16)23(30-22)25(34)35/h1-9,12-13H,10-11,14H2,(H,27,28)(H,34,35)(H,29,31,33). The lowest BCUT2D eigenvalue weighted by Gasteiger charge is -2.31. The van der Waals surface area contributed by atoms with Crippen molar-refractivity contribution in [3.8, 4) is 11.1 Å². The van der Waals surface area contributed by atoms with Crippen LogP contribution in [0.15, 0.2) is 67.0 Å². The maximum Gasteiger partial charge on any atom is 0.355 e. The molecule has 1 aliphatic heterocycles. The number of para-hydroxylation sites is 1. The topological polar surface area (TPSA) is 124 Å². The summed E-state index contributed by atoms with van der Waals surface area (Å²) in [6.45, 7) is 1.10. The SMILES string of the molecule is O=C(Nc1nc2ccccc2s1)c1cccc2c1CN(c1ccc(-c3cn[nH]c3)c(C(=O)O)n1)CC2. The van der Waals surface area contributed by atoms with E-state index in [1.165, 1.54) is 11.3 Å². The van der Waals surface area contributed by atoms with Crippen LogP contribution in [0.4, 0.5) is 10.9 Å². The van der Waals surface area contributed by atoms with E-state index in [9.17, 15) is 14.7 Å². The van der Waals surface area contributed by atoms with E-state index in [-0.39, 0.29) is 11.6 Å². The van der Waals surface area contributed by atoms with Gasteiger partial charge >= 0.3 is 5.97 Å². The van der Waals surface area contributed by atoms with E-state index in [4.69, 9.17) is 0 Å².